The Morgan fingerprint density at radius 3 is 2.80 bits per heavy atom. The number of benzene rings is 1. The Hall–Kier alpha value is -1.82. The third kappa shape index (κ3) is 6.53. The number of carbonyl (C=O) groups is 1. The molecule has 134 valence electrons. The zero-order valence-electron chi connectivity index (χ0n) is 14.0. The molecule has 2 aromatic rings. The molecular formula is C18H21Cl2N3O2. The van der Waals surface area contributed by atoms with Crippen LogP contribution in [0.3, 0.4) is 0 Å². The van der Waals surface area contributed by atoms with Gasteiger partial charge in [0.2, 0.25) is 0 Å². The molecule has 1 aromatic carbocycles. The lowest BCUT2D eigenvalue weighted by atomic mass is 10.1. The van der Waals surface area contributed by atoms with Crippen LogP contribution in [0.1, 0.15) is 22.5 Å². The molecule has 0 aliphatic heterocycles. The minimum atomic E-state index is -0.217. The molecule has 0 saturated carbocycles. The number of hydrogen-bond donors (Lipinski definition) is 2. The Bertz CT molecular complexity index is 710. The Balaban J connectivity index is 1.83. The van der Waals surface area contributed by atoms with Crippen molar-refractivity contribution in [1.29, 1.82) is 0 Å². The molecule has 1 aromatic heterocycles. The molecule has 2 N–H and O–H groups in total. The molecule has 0 fully saturated rings. The number of pyridine rings is 1. The van der Waals surface area contributed by atoms with E-state index >= 15 is 0 Å². The average Bonchev–Trinajstić information content (AvgIpc) is 2.61. The maximum absolute atomic E-state index is 12.2. The molecule has 0 radical (unpaired) electrons. The van der Waals surface area contributed by atoms with E-state index in [1.807, 2.05) is 12.1 Å². The predicted octanol–water partition coefficient (Wildman–Crippen LogP) is 3.81. The standard InChI is InChI=1S/C18H21Cl2N3O2/c1-25-10-2-7-21-15-6-9-22-17(12-15)18(24)23-8-5-13-3-4-14(19)11-16(13)20/h3-4,6,9,11-12H,2,5,7-8,10H2,1H3,(H,21,22)(H,23,24). The maximum Gasteiger partial charge on any atom is 0.269 e. The van der Waals surface area contributed by atoms with Crippen LogP contribution in [0.25, 0.3) is 0 Å². The highest BCUT2D eigenvalue weighted by Gasteiger charge is 2.08. The molecule has 0 spiro atoms. The van der Waals surface area contributed by atoms with Crippen molar-refractivity contribution in [2.24, 2.45) is 0 Å². The van der Waals surface area contributed by atoms with Crippen molar-refractivity contribution in [3.63, 3.8) is 0 Å². The number of carbonyl (C=O) groups excluding carboxylic acids is 1. The number of nitrogens with zero attached hydrogens (tertiary/aromatic N) is 1. The summed E-state index contributed by atoms with van der Waals surface area (Å²) < 4.78 is 5.00. The van der Waals surface area contributed by atoms with Gasteiger partial charge in [-0.3, -0.25) is 9.78 Å². The maximum atomic E-state index is 12.2. The first-order valence-corrected chi connectivity index (χ1v) is 8.76. The first-order valence-electron chi connectivity index (χ1n) is 8.01. The SMILES string of the molecule is COCCCNc1ccnc(C(=O)NCCc2ccc(Cl)cc2Cl)c1. The fourth-order valence-corrected chi connectivity index (χ4v) is 2.74. The largest absolute Gasteiger partial charge is 0.385 e. The molecule has 2 rings (SSSR count). The Morgan fingerprint density at radius 1 is 1.20 bits per heavy atom. The second kappa shape index (κ2) is 10.2. The van der Waals surface area contributed by atoms with Crippen molar-refractivity contribution >= 4 is 34.8 Å². The molecule has 7 heteroatoms. The fraction of sp³-hybridized carbons (Fsp3) is 0.333. The molecule has 0 aliphatic rings. The van der Waals surface area contributed by atoms with E-state index in [1.54, 1.807) is 31.5 Å². The first kappa shape index (κ1) is 19.5. The van der Waals surface area contributed by atoms with Gasteiger partial charge in [0.05, 0.1) is 0 Å². The van der Waals surface area contributed by atoms with E-state index in [4.69, 9.17) is 27.9 Å². The van der Waals surface area contributed by atoms with Gasteiger partial charge >= 0.3 is 0 Å². The number of halogens is 2. The van der Waals surface area contributed by atoms with E-state index in [9.17, 15) is 4.79 Å². The quantitative estimate of drug-likeness (QED) is 0.648. The molecule has 0 saturated heterocycles. The fourth-order valence-electron chi connectivity index (χ4n) is 2.24. The highest BCUT2D eigenvalue weighted by atomic mass is 35.5. The Labute approximate surface area is 157 Å². The highest BCUT2D eigenvalue weighted by Crippen LogP contribution is 2.21. The van der Waals surface area contributed by atoms with Crippen LogP contribution in [0.15, 0.2) is 36.5 Å². The van der Waals surface area contributed by atoms with Crippen molar-refractivity contribution in [1.82, 2.24) is 10.3 Å². The summed E-state index contributed by atoms with van der Waals surface area (Å²) in [6.45, 7) is 1.93. The molecule has 5 nitrogen and oxygen atoms in total. The summed E-state index contributed by atoms with van der Waals surface area (Å²) in [5, 5.41) is 7.28. The van der Waals surface area contributed by atoms with Gasteiger partial charge in [-0.15, -0.1) is 0 Å². The number of nitrogens with one attached hydrogen (secondary N) is 2. The van der Waals surface area contributed by atoms with Gasteiger partial charge in [-0.2, -0.15) is 0 Å². The van der Waals surface area contributed by atoms with Crippen molar-refractivity contribution in [3.8, 4) is 0 Å². The van der Waals surface area contributed by atoms with Crippen molar-refractivity contribution < 1.29 is 9.53 Å². The van der Waals surface area contributed by atoms with E-state index in [1.165, 1.54) is 0 Å². The summed E-state index contributed by atoms with van der Waals surface area (Å²) in [6, 6.07) is 8.90. The van der Waals surface area contributed by atoms with Crippen LogP contribution in [-0.4, -0.2) is 37.7 Å². The number of amides is 1. The number of ether oxygens (including phenoxy) is 1. The smallest absolute Gasteiger partial charge is 0.269 e. The summed E-state index contributed by atoms with van der Waals surface area (Å²) in [6.07, 6.45) is 3.13. The van der Waals surface area contributed by atoms with Gasteiger partial charge in [-0.25, -0.2) is 0 Å². The normalized spacial score (nSPS) is 10.5. The molecular weight excluding hydrogens is 361 g/mol. The number of methoxy groups -OCH3 is 1. The van der Waals surface area contributed by atoms with Gasteiger partial charge < -0.3 is 15.4 Å². The molecule has 0 atom stereocenters. The summed E-state index contributed by atoms with van der Waals surface area (Å²) in [7, 11) is 1.67. The molecule has 1 heterocycles. The predicted molar refractivity (Wildman–Crippen MR) is 102 cm³/mol. The van der Waals surface area contributed by atoms with E-state index in [-0.39, 0.29) is 5.91 Å². The second-order valence-electron chi connectivity index (χ2n) is 5.44. The van der Waals surface area contributed by atoms with E-state index in [0.29, 0.717) is 35.3 Å². The van der Waals surface area contributed by atoms with Crippen molar-refractivity contribution in [2.75, 3.05) is 32.1 Å². The van der Waals surface area contributed by atoms with Gasteiger partial charge in [-0.05, 0) is 42.7 Å². The molecule has 0 bridgehead atoms. The minimum Gasteiger partial charge on any atom is -0.385 e. The topological polar surface area (TPSA) is 63.2 Å². The van der Waals surface area contributed by atoms with Crippen LogP contribution in [0.4, 0.5) is 5.69 Å². The zero-order valence-corrected chi connectivity index (χ0v) is 15.5. The third-order valence-corrected chi connectivity index (χ3v) is 4.13. The van der Waals surface area contributed by atoms with Gasteiger partial charge in [0.1, 0.15) is 5.69 Å². The van der Waals surface area contributed by atoms with E-state index in [2.05, 4.69) is 15.6 Å². The molecule has 0 aliphatic carbocycles. The second-order valence-corrected chi connectivity index (χ2v) is 6.29. The van der Waals surface area contributed by atoms with Crippen molar-refractivity contribution in [3.05, 3.63) is 57.8 Å². The Morgan fingerprint density at radius 2 is 2.04 bits per heavy atom. The Kier molecular flexibility index (Phi) is 7.98. The van der Waals surface area contributed by atoms with Gasteiger partial charge in [0.15, 0.2) is 0 Å². The van der Waals surface area contributed by atoms with Gasteiger partial charge in [0, 0.05) is 48.7 Å². The van der Waals surface area contributed by atoms with Crippen LogP contribution in [0, 0.1) is 0 Å². The summed E-state index contributed by atoms with van der Waals surface area (Å²) in [4.78, 5) is 16.3. The number of anilines is 1. The molecule has 0 unspecified atom stereocenters. The summed E-state index contributed by atoms with van der Waals surface area (Å²) in [5.74, 6) is -0.217. The van der Waals surface area contributed by atoms with Gasteiger partial charge in [-0.1, -0.05) is 29.3 Å². The lowest BCUT2D eigenvalue weighted by molar-refractivity contribution is 0.0949. The lowest BCUT2D eigenvalue weighted by Gasteiger charge is -2.09. The summed E-state index contributed by atoms with van der Waals surface area (Å²) >= 11 is 12.0. The highest BCUT2D eigenvalue weighted by molar-refractivity contribution is 6.35. The van der Waals surface area contributed by atoms with Crippen LogP contribution in [0.2, 0.25) is 10.0 Å². The number of aromatic nitrogens is 1. The molecule has 1 amide bonds. The first-order chi connectivity index (χ1) is 12.1. The summed E-state index contributed by atoms with van der Waals surface area (Å²) in [5.41, 5.74) is 2.17. The van der Waals surface area contributed by atoms with Crippen LogP contribution >= 0.6 is 23.2 Å². The third-order valence-electron chi connectivity index (χ3n) is 3.54. The van der Waals surface area contributed by atoms with Crippen molar-refractivity contribution in [2.45, 2.75) is 12.8 Å². The zero-order chi connectivity index (χ0) is 18.1. The van der Waals surface area contributed by atoms with Gasteiger partial charge in [0.25, 0.3) is 5.91 Å². The van der Waals surface area contributed by atoms with E-state index < -0.39 is 0 Å². The van der Waals surface area contributed by atoms with Crippen LogP contribution < -0.4 is 10.6 Å². The average molecular weight is 382 g/mol. The van der Waals surface area contributed by atoms with Crippen LogP contribution in [-0.2, 0) is 11.2 Å². The minimum absolute atomic E-state index is 0.217. The van der Waals surface area contributed by atoms with E-state index in [0.717, 1.165) is 24.2 Å². The number of rotatable bonds is 9. The lowest BCUT2D eigenvalue weighted by Crippen LogP contribution is -2.26. The number of hydrogen-bond acceptors (Lipinski definition) is 4. The molecule has 25 heavy (non-hydrogen) atoms. The monoisotopic (exact) mass is 381 g/mol. The van der Waals surface area contributed by atoms with Crippen LogP contribution in [0.5, 0.6) is 0 Å².